The Morgan fingerprint density at radius 2 is 1.94 bits per heavy atom. The Kier molecular flexibility index (Phi) is 5.57. The van der Waals surface area contributed by atoms with Gasteiger partial charge in [-0.25, -0.2) is 0 Å². The molecule has 88 valence electrons. The summed E-state index contributed by atoms with van der Waals surface area (Å²) in [5.41, 5.74) is 0.736. The van der Waals surface area contributed by atoms with Crippen molar-refractivity contribution in [3.63, 3.8) is 0 Å². The molecule has 0 saturated carbocycles. The average Bonchev–Trinajstić information content (AvgIpc) is 2.30. The first-order chi connectivity index (χ1) is 7.77. The number of carbonyl (C=O) groups excluding carboxylic acids is 1. The van der Waals surface area contributed by atoms with E-state index in [4.69, 9.17) is 9.47 Å². The number of ketones is 1. The highest BCUT2D eigenvalue weighted by atomic mass is 16.5. The van der Waals surface area contributed by atoms with Crippen molar-refractivity contribution in [1.29, 1.82) is 0 Å². The summed E-state index contributed by atoms with van der Waals surface area (Å²) in [6.07, 6.45) is 1.30. The number of hydrogen-bond acceptors (Lipinski definition) is 3. The standard InChI is InChI=1S/C13H18O3/c1-3-16-12-8-6-11(7-9-12)13(14)5-4-10-15-2/h6-9H,3-5,10H2,1-2H3. The van der Waals surface area contributed by atoms with Gasteiger partial charge >= 0.3 is 0 Å². The third-order valence-electron chi connectivity index (χ3n) is 2.24. The minimum absolute atomic E-state index is 0.153. The van der Waals surface area contributed by atoms with E-state index >= 15 is 0 Å². The van der Waals surface area contributed by atoms with Crippen molar-refractivity contribution in [2.24, 2.45) is 0 Å². The smallest absolute Gasteiger partial charge is 0.162 e. The first-order valence-electron chi connectivity index (χ1n) is 5.53. The second kappa shape index (κ2) is 7.01. The van der Waals surface area contributed by atoms with Crippen molar-refractivity contribution in [3.8, 4) is 5.75 Å². The predicted octanol–water partition coefficient (Wildman–Crippen LogP) is 2.69. The van der Waals surface area contributed by atoms with Gasteiger partial charge in [-0.3, -0.25) is 4.79 Å². The topological polar surface area (TPSA) is 35.5 Å². The van der Waals surface area contributed by atoms with Crippen molar-refractivity contribution in [1.82, 2.24) is 0 Å². The molecule has 0 radical (unpaired) electrons. The SMILES string of the molecule is CCOc1ccc(C(=O)CCCOC)cc1. The second-order valence-corrected chi connectivity index (χ2v) is 3.48. The molecular weight excluding hydrogens is 204 g/mol. The lowest BCUT2D eigenvalue weighted by Gasteiger charge is -2.04. The lowest BCUT2D eigenvalue weighted by Crippen LogP contribution is -2.01. The highest BCUT2D eigenvalue weighted by Gasteiger charge is 2.05. The van der Waals surface area contributed by atoms with E-state index in [2.05, 4.69) is 0 Å². The molecule has 3 nitrogen and oxygen atoms in total. The lowest BCUT2D eigenvalue weighted by molar-refractivity contribution is 0.0963. The highest BCUT2D eigenvalue weighted by molar-refractivity contribution is 5.96. The van der Waals surface area contributed by atoms with E-state index in [1.807, 2.05) is 19.1 Å². The summed E-state index contributed by atoms with van der Waals surface area (Å²) < 4.78 is 10.2. The first kappa shape index (κ1) is 12.7. The molecule has 1 aromatic rings. The molecule has 0 bridgehead atoms. The molecular formula is C13H18O3. The molecule has 1 aromatic carbocycles. The van der Waals surface area contributed by atoms with Crippen LogP contribution < -0.4 is 4.74 Å². The van der Waals surface area contributed by atoms with E-state index in [1.54, 1.807) is 19.2 Å². The van der Waals surface area contributed by atoms with E-state index in [1.165, 1.54) is 0 Å². The normalized spacial score (nSPS) is 10.1. The zero-order valence-corrected chi connectivity index (χ0v) is 9.86. The molecule has 1 rings (SSSR count). The van der Waals surface area contributed by atoms with Crippen LogP contribution >= 0.6 is 0 Å². The van der Waals surface area contributed by atoms with Gasteiger partial charge in [0.2, 0.25) is 0 Å². The van der Waals surface area contributed by atoms with Gasteiger partial charge in [0.25, 0.3) is 0 Å². The molecule has 0 saturated heterocycles. The Bertz CT molecular complexity index is 316. The van der Waals surface area contributed by atoms with Crippen molar-refractivity contribution in [2.75, 3.05) is 20.3 Å². The number of ether oxygens (including phenoxy) is 2. The van der Waals surface area contributed by atoms with E-state index < -0.39 is 0 Å². The van der Waals surface area contributed by atoms with Gasteiger partial charge in [0.05, 0.1) is 6.61 Å². The number of carbonyl (C=O) groups is 1. The largest absolute Gasteiger partial charge is 0.494 e. The van der Waals surface area contributed by atoms with Gasteiger partial charge in [-0.2, -0.15) is 0 Å². The molecule has 0 amide bonds. The van der Waals surface area contributed by atoms with Crippen LogP contribution in [0.3, 0.4) is 0 Å². The first-order valence-corrected chi connectivity index (χ1v) is 5.53. The summed E-state index contributed by atoms with van der Waals surface area (Å²) in [5, 5.41) is 0. The van der Waals surface area contributed by atoms with Crippen molar-refractivity contribution < 1.29 is 14.3 Å². The quantitative estimate of drug-likeness (QED) is 0.525. The molecule has 0 aliphatic heterocycles. The van der Waals surface area contributed by atoms with Crippen LogP contribution in [0.15, 0.2) is 24.3 Å². The van der Waals surface area contributed by atoms with E-state index in [9.17, 15) is 4.79 Å². The number of Topliss-reactive ketones (excluding diaryl/α,β-unsaturated/α-hetero) is 1. The van der Waals surface area contributed by atoms with Gasteiger partial charge in [-0.05, 0) is 37.6 Å². The van der Waals surface area contributed by atoms with Gasteiger partial charge in [-0.1, -0.05) is 0 Å². The Labute approximate surface area is 96.4 Å². The van der Waals surface area contributed by atoms with Crippen LogP contribution in [0, 0.1) is 0 Å². The van der Waals surface area contributed by atoms with Crippen LogP contribution in [0.4, 0.5) is 0 Å². The Balaban J connectivity index is 2.49. The molecule has 3 heteroatoms. The zero-order chi connectivity index (χ0) is 11.8. The van der Waals surface area contributed by atoms with Crippen molar-refractivity contribution >= 4 is 5.78 Å². The molecule has 0 aromatic heterocycles. The molecule has 0 atom stereocenters. The van der Waals surface area contributed by atoms with Gasteiger partial charge in [0.15, 0.2) is 5.78 Å². The maximum absolute atomic E-state index is 11.7. The summed E-state index contributed by atoms with van der Waals surface area (Å²) in [6.45, 7) is 3.20. The van der Waals surface area contributed by atoms with Gasteiger partial charge in [-0.15, -0.1) is 0 Å². The third-order valence-corrected chi connectivity index (χ3v) is 2.24. The molecule has 0 fully saturated rings. The number of methoxy groups -OCH3 is 1. The van der Waals surface area contributed by atoms with Crippen LogP contribution in [0.25, 0.3) is 0 Å². The van der Waals surface area contributed by atoms with Crippen LogP contribution in [-0.4, -0.2) is 26.1 Å². The maximum atomic E-state index is 11.7. The number of hydrogen-bond donors (Lipinski definition) is 0. The molecule has 16 heavy (non-hydrogen) atoms. The van der Waals surface area contributed by atoms with Crippen LogP contribution in [-0.2, 0) is 4.74 Å². The monoisotopic (exact) mass is 222 g/mol. The fourth-order valence-electron chi connectivity index (χ4n) is 1.43. The maximum Gasteiger partial charge on any atom is 0.162 e. The highest BCUT2D eigenvalue weighted by Crippen LogP contribution is 2.13. The van der Waals surface area contributed by atoms with Crippen LogP contribution in [0.1, 0.15) is 30.1 Å². The average molecular weight is 222 g/mol. The van der Waals surface area contributed by atoms with Gasteiger partial charge in [0, 0.05) is 25.7 Å². The van der Waals surface area contributed by atoms with E-state index in [-0.39, 0.29) is 5.78 Å². The second-order valence-electron chi connectivity index (χ2n) is 3.48. The molecule has 0 aliphatic carbocycles. The van der Waals surface area contributed by atoms with Gasteiger partial charge < -0.3 is 9.47 Å². The molecule has 0 aliphatic rings. The Morgan fingerprint density at radius 3 is 2.50 bits per heavy atom. The molecule has 0 spiro atoms. The molecule has 0 heterocycles. The minimum atomic E-state index is 0.153. The van der Waals surface area contributed by atoms with E-state index in [0.29, 0.717) is 19.6 Å². The number of benzene rings is 1. The Morgan fingerprint density at radius 1 is 1.25 bits per heavy atom. The number of rotatable bonds is 7. The summed E-state index contributed by atoms with van der Waals surface area (Å²) >= 11 is 0. The van der Waals surface area contributed by atoms with Crippen molar-refractivity contribution in [3.05, 3.63) is 29.8 Å². The molecule has 0 unspecified atom stereocenters. The van der Waals surface area contributed by atoms with Crippen LogP contribution in [0.2, 0.25) is 0 Å². The summed E-state index contributed by atoms with van der Waals surface area (Å²) in [5.74, 6) is 0.955. The fourth-order valence-corrected chi connectivity index (χ4v) is 1.43. The van der Waals surface area contributed by atoms with Crippen LogP contribution in [0.5, 0.6) is 5.75 Å². The summed E-state index contributed by atoms with van der Waals surface area (Å²) in [4.78, 5) is 11.7. The predicted molar refractivity (Wildman–Crippen MR) is 63.1 cm³/mol. The fraction of sp³-hybridized carbons (Fsp3) is 0.462. The third kappa shape index (κ3) is 4.03. The molecule has 0 N–H and O–H groups in total. The van der Waals surface area contributed by atoms with Gasteiger partial charge in [0.1, 0.15) is 5.75 Å². The van der Waals surface area contributed by atoms with E-state index in [0.717, 1.165) is 17.7 Å². The Hall–Kier alpha value is -1.35. The minimum Gasteiger partial charge on any atom is -0.494 e. The zero-order valence-electron chi connectivity index (χ0n) is 9.86. The summed E-state index contributed by atoms with van der Waals surface area (Å²) in [7, 11) is 1.64. The lowest BCUT2D eigenvalue weighted by atomic mass is 10.1. The van der Waals surface area contributed by atoms with Crippen molar-refractivity contribution in [2.45, 2.75) is 19.8 Å². The summed E-state index contributed by atoms with van der Waals surface area (Å²) in [6, 6.07) is 7.26.